The van der Waals surface area contributed by atoms with Crippen molar-refractivity contribution in [2.75, 3.05) is 43.5 Å². The van der Waals surface area contributed by atoms with Gasteiger partial charge >= 0.3 is 6.18 Å². The van der Waals surface area contributed by atoms with Crippen molar-refractivity contribution in [1.82, 2.24) is 9.88 Å². The summed E-state index contributed by atoms with van der Waals surface area (Å²) in [5.74, 6) is -0.0367. The van der Waals surface area contributed by atoms with Gasteiger partial charge in [-0.05, 0) is 61.7 Å². The van der Waals surface area contributed by atoms with E-state index in [1.54, 1.807) is 42.3 Å². The van der Waals surface area contributed by atoms with E-state index in [1.165, 1.54) is 17.4 Å². The van der Waals surface area contributed by atoms with Gasteiger partial charge in [-0.2, -0.15) is 13.2 Å². The van der Waals surface area contributed by atoms with Crippen molar-refractivity contribution in [3.05, 3.63) is 70.2 Å². The molecule has 1 aromatic heterocycles. The molecule has 1 unspecified atom stereocenters. The summed E-state index contributed by atoms with van der Waals surface area (Å²) in [5, 5.41) is 3.31. The van der Waals surface area contributed by atoms with Crippen molar-refractivity contribution >= 4 is 34.0 Å². The van der Waals surface area contributed by atoms with Crippen molar-refractivity contribution in [3.63, 3.8) is 0 Å². The molecule has 1 saturated heterocycles. The van der Waals surface area contributed by atoms with E-state index in [4.69, 9.17) is 4.74 Å². The van der Waals surface area contributed by atoms with E-state index in [1.807, 2.05) is 4.90 Å². The molecule has 1 atom stereocenters. The van der Waals surface area contributed by atoms with Gasteiger partial charge in [-0.3, -0.25) is 14.9 Å². The third-order valence-corrected chi connectivity index (χ3v) is 8.00. The lowest BCUT2D eigenvalue weighted by molar-refractivity contribution is -0.137. The number of amides is 2. The number of benzene rings is 2. The summed E-state index contributed by atoms with van der Waals surface area (Å²) in [6.07, 6.45) is -2.07. The fourth-order valence-electron chi connectivity index (χ4n) is 4.91. The largest absolute Gasteiger partial charge is 0.497 e. The minimum absolute atomic E-state index is 0.0204. The molecule has 0 saturated carbocycles. The van der Waals surface area contributed by atoms with Crippen LogP contribution in [0.25, 0.3) is 0 Å². The lowest BCUT2D eigenvalue weighted by Gasteiger charge is -2.38. The summed E-state index contributed by atoms with van der Waals surface area (Å²) in [6.45, 7) is 1.75. The average Bonchev–Trinajstić information content (AvgIpc) is 3.35. The number of ether oxygens (including phenoxy) is 1. The normalized spacial score (nSPS) is 17.6. The van der Waals surface area contributed by atoms with Crippen molar-refractivity contribution in [3.8, 4) is 5.75 Å². The number of alkyl halides is 3. The number of thiazole rings is 1. The molecule has 7 nitrogen and oxygen atoms in total. The Morgan fingerprint density at radius 1 is 1.08 bits per heavy atom. The quantitative estimate of drug-likeness (QED) is 0.479. The summed E-state index contributed by atoms with van der Waals surface area (Å²) >= 11 is 1.40. The maximum atomic E-state index is 13.5. The first kappa shape index (κ1) is 26.0. The molecule has 1 aliphatic heterocycles. The zero-order valence-corrected chi connectivity index (χ0v) is 21.6. The highest BCUT2D eigenvalue weighted by atomic mass is 32.1. The number of aromatic nitrogens is 1. The fraction of sp³-hybridized carbons (Fsp3) is 0.370. The number of carbonyl (C=O) groups is 2. The minimum atomic E-state index is -4.40. The van der Waals surface area contributed by atoms with Crippen LogP contribution in [-0.2, 0) is 17.4 Å². The monoisotopic (exact) mass is 544 g/mol. The molecule has 3 aromatic rings. The fourth-order valence-corrected chi connectivity index (χ4v) is 5.97. The number of rotatable bonds is 5. The molecule has 5 rings (SSSR count). The molecular weight excluding hydrogens is 517 g/mol. The predicted octanol–water partition coefficient (Wildman–Crippen LogP) is 5.19. The van der Waals surface area contributed by atoms with E-state index < -0.39 is 11.7 Å². The number of nitrogens with zero attached hydrogens (tertiary/aromatic N) is 3. The average molecular weight is 545 g/mol. The number of anilines is 2. The maximum Gasteiger partial charge on any atom is 0.416 e. The second-order valence-corrected chi connectivity index (χ2v) is 10.4. The van der Waals surface area contributed by atoms with Crippen molar-refractivity contribution < 1.29 is 27.5 Å². The van der Waals surface area contributed by atoms with E-state index in [-0.39, 0.29) is 17.7 Å². The van der Waals surface area contributed by atoms with Gasteiger partial charge in [0.25, 0.3) is 5.91 Å². The lowest BCUT2D eigenvalue weighted by Crippen LogP contribution is -2.50. The molecule has 1 aliphatic carbocycles. The summed E-state index contributed by atoms with van der Waals surface area (Å²) in [5.41, 5.74) is 1.02. The number of aryl methyl sites for hydroxylation is 1. The van der Waals surface area contributed by atoms with Gasteiger partial charge in [0, 0.05) is 42.3 Å². The number of piperazine rings is 1. The summed E-state index contributed by atoms with van der Waals surface area (Å²) in [6, 6.07) is 12.1. The number of nitrogens with one attached hydrogen (secondary N) is 1. The first-order valence-electron chi connectivity index (χ1n) is 12.4. The van der Waals surface area contributed by atoms with Crippen LogP contribution in [0.15, 0.2) is 48.5 Å². The zero-order valence-electron chi connectivity index (χ0n) is 20.8. The van der Waals surface area contributed by atoms with E-state index >= 15 is 0 Å². The maximum absolute atomic E-state index is 13.5. The second-order valence-electron chi connectivity index (χ2n) is 9.32. The molecule has 0 radical (unpaired) electrons. The molecule has 200 valence electrons. The van der Waals surface area contributed by atoms with Crippen LogP contribution in [0.4, 0.5) is 24.0 Å². The Morgan fingerprint density at radius 2 is 1.82 bits per heavy atom. The molecule has 2 aromatic carbocycles. The molecule has 38 heavy (non-hydrogen) atoms. The number of methoxy groups -OCH3 is 1. The number of fused-ring (bicyclic) bond motifs is 1. The predicted molar refractivity (Wildman–Crippen MR) is 139 cm³/mol. The van der Waals surface area contributed by atoms with Crippen LogP contribution in [0.2, 0.25) is 0 Å². The summed E-state index contributed by atoms with van der Waals surface area (Å²) < 4.78 is 44.5. The van der Waals surface area contributed by atoms with Gasteiger partial charge in [0.2, 0.25) is 5.91 Å². The Labute approximate surface area is 222 Å². The molecule has 0 spiro atoms. The Hall–Kier alpha value is -3.60. The highest BCUT2D eigenvalue weighted by Crippen LogP contribution is 2.38. The molecule has 1 N–H and O–H groups in total. The van der Waals surface area contributed by atoms with Gasteiger partial charge in [-0.1, -0.05) is 6.07 Å². The number of hydrogen-bond acceptors (Lipinski definition) is 6. The van der Waals surface area contributed by atoms with Gasteiger partial charge in [-0.15, -0.1) is 11.3 Å². The molecule has 2 heterocycles. The number of halogens is 3. The summed E-state index contributed by atoms with van der Waals surface area (Å²) in [7, 11) is 1.56. The van der Waals surface area contributed by atoms with Crippen LogP contribution in [0.5, 0.6) is 5.75 Å². The van der Waals surface area contributed by atoms with Gasteiger partial charge < -0.3 is 14.5 Å². The Morgan fingerprint density at radius 3 is 2.50 bits per heavy atom. The first-order valence-corrected chi connectivity index (χ1v) is 13.2. The third kappa shape index (κ3) is 5.47. The van der Waals surface area contributed by atoms with Crippen LogP contribution in [0, 0.1) is 0 Å². The van der Waals surface area contributed by atoms with Crippen molar-refractivity contribution in [2.24, 2.45) is 0 Å². The SMILES string of the molecule is COc1ccc(C(=O)Nc2nc3c(s2)CCCC3C(=O)N2CCN(c3cccc(C(F)(F)F)c3)CC2)cc1. The second kappa shape index (κ2) is 10.6. The molecular formula is C27H27F3N4O3S. The standard InChI is InChI=1S/C27H27F3N4O3S/c1-37-20-10-8-17(9-11-20)24(35)32-26-31-23-21(6-3-7-22(23)38-26)25(36)34-14-12-33(13-15-34)19-5-2-4-18(16-19)27(28,29)30/h2,4-5,8-11,16,21H,3,6-7,12-15H2,1H3,(H,31,32,35). The lowest BCUT2D eigenvalue weighted by atomic mass is 9.89. The first-order chi connectivity index (χ1) is 18.2. The van der Waals surface area contributed by atoms with Gasteiger partial charge in [0.1, 0.15) is 5.75 Å². The van der Waals surface area contributed by atoms with Gasteiger partial charge in [-0.25, -0.2) is 4.98 Å². The van der Waals surface area contributed by atoms with E-state index in [0.717, 1.165) is 35.5 Å². The molecule has 2 amide bonds. The topological polar surface area (TPSA) is 74.8 Å². The Bertz CT molecular complexity index is 1320. The van der Waals surface area contributed by atoms with E-state index in [0.29, 0.717) is 54.7 Å². The van der Waals surface area contributed by atoms with E-state index in [2.05, 4.69) is 10.3 Å². The number of carbonyl (C=O) groups excluding carboxylic acids is 2. The summed E-state index contributed by atoms with van der Waals surface area (Å²) in [4.78, 5) is 35.5. The minimum Gasteiger partial charge on any atom is -0.497 e. The van der Waals surface area contributed by atoms with Crippen LogP contribution in [-0.4, -0.2) is 55.0 Å². The molecule has 11 heteroatoms. The molecule has 2 aliphatic rings. The number of hydrogen-bond donors (Lipinski definition) is 1. The van der Waals surface area contributed by atoms with Gasteiger partial charge in [0.15, 0.2) is 5.13 Å². The Balaban J connectivity index is 1.23. The zero-order chi connectivity index (χ0) is 26.9. The third-order valence-electron chi connectivity index (χ3n) is 6.96. The highest BCUT2D eigenvalue weighted by molar-refractivity contribution is 7.16. The van der Waals surface area contributed by atoms with E-state index in [9.17, 15) is 22.8 Å². The molecule has 1 fully saturated rings. The van der Waals surface area contributed by atoms with Crippen LogP contribution in [0.3, 0.4) is 0 Å². The van der Waals surface area contributed by atoms with Gasteiger partial charge in [0.05, 0.1) is 24.3 Å². The van der Waals surface area contributed by atoms with Crippen molar-refractivity contribution in [2.45, 2.75) is 31.4 Å². The molecule has 0 bridgehead atoms. The van der Waals surface area contributed by atoms with Crippen LogP contribution < -0.4 is 15.0 Å². The van der Waals surface area contributed by atoms with Crippen LogP contribution in [0.1, 0.15) is 45.3 Å². The highest BCUT2D eigenvalue weighted by Gasteiger charge is 2.35. The smallest absolute Gasteiger partial charge is 0.416 e. The van der Waals surface area contributed by atoms with Crippen molar-refractivity contribution in [1.29, 1.82) is 0 Å². The van der Waals surface area contributed by atoms with Crippen LogP contribution >= 0.6 is 11.3 Å². The Kier molecular flexibility index (Phi) is 7.29.